The van der Waals surface area contributed by atoms with Gasteiger partial charge >= 0.3 is 0 Å². The van der Waals surface area contributed by atoms with Gasteiger partial charge in [0.15, 0.2) is 0 Å². The second-order valence-corrected chi connectivity index (χ2v) is 8.64. The summed E-state index contributed by atoms with van der Waals surface area (Å²) in [7, 11) is 0. The smallest absolute Gasteiger partial charge is 0.0145 e. The minimum absolute atomic E-state index is 0.642. The van der Waals surface area contributed by atoms with Gasteiger partial charge in [-0.25, -0.2) is 0 Å². The van der Waals surface area contributed by atoms with Gasteiger partial charge in [-0.05, 0) is 42.9 Å². The maximum Gasteiger partial charge on any atom is 0.0145 e. The molecule has 2 saturated carbocycles. The van der Waals surface area contributed by atoms with Crippen molar-refractivity contribution in [3.63, 3.8) is 0 Å². The largest absolute Gasteiger partial charge is 0.152 e. The van der Waals surface area contributed by atoms with Gasteiger partial charge in [-0.3, -0.25) is 0 Å². The van der Waals surface area contributed by atoms with E-state index in [2.05, 4.69) is 32.5 Å². The van der Waals surface area contributed by atoms with E-state index in [1.54, 1.807) is 0 Å². The summed E-state index contributed by atoms with van der Waals surface area (Å²) in [5, 5.41) is 0.997. The topological polar surface area (TPSA) is 0 Å². The summed E-state index contributed by atoms with van der Waals surface area (Å²) in [6.07, 6.45) is 7.48. The number of thioether (sulfide) groups is 1. The van der Waals surface area contributed by atoms with Gasteiger partial charge in [0.05, 0.1) is 0 Å². The van der Waals surface area contributed by atoms with Crippen LogP contribution in [0.25, 0.3) is 0 Å². The van der Waals surface area contributed by atoms with Gasteiger partial charge in [-0.1, -0.05) is 20.8 Å². The lowest BCUT2D eigenvalue weighted by molar-refractivity contribution is -0.000519. The summed E-state index contributed by atoms with van der Waals surface area (Å²) >= 11 is 2.31. The van der Waals surface area contributed by atoms with Gasteiger partial charge in [0.2, 0.25) is 0 Å². The van der Waals surface area contributed by atoms with Gasteiger partial charge in [0.1, 0.15) is 0 Å². The van der Waals surface area contributed by atoms with Crippen molar-refractivity contribution in [3.8, 4) is 0 Å². The quantitative estimate of drug-likeness (QED) is 0.567. The molecule has 0 aromatic rings. The number of rotatable bonds is 0. The van der Waals surface area contributed by atoms with Crippen molar-refractivity contribution in [2.45, 2.75) is 62.9 Å². The molecule has 0 amide bonds. The molecule has 4 rings (SSSR count). The minimum Gasteiger partial charge on any atom is -0.152 e. The highest BCUT2D eigenvalue weighted by molar-refractivity contribution is 8.01. The predicted molar refractivity (Wildman–Crippen MR) is 59.1 cm³/mol. The maximum atomic E-state index is 2.54. The standard InChI is InChI=1S/C12H20S/c1-10-4-9-5-11(2,6-10)8-12(3,7-10)13-9/h9H,4-8H2,1-3H3. The Bertz CT molecular complexity index is 207. The average Bonchev–Trinajstić information content (AvgIpc) is 1.71. The summed E-state index contributed by atoms with van der Waals surface area (Å²) in [4.78, 5) is 0. The summed E-state index contributed by atoms with van der Waals surface area (Å²) < 4.78 is 0.642. The van der Waals surface area contributed by atoms with Gasteiger partial charge in [-0.2, -0.15) is 11.8 Å². The van der Waals surface area contributed by atoms with Crippen molar-refractivity contribution < 1.29 is 0 Å². The Kier molecular flexibility index (Phi) is 1.41. The molecule has 2 unspecified atom stereocenters. The molecular weight excluding hydrogens is 176 g/mol. The monoisotopic (exact) mass is 196 g/mol. The van der Waals surface area contributed by atoms with Crippen LogP contribution in [0.1, 0.15) is 52.9 Å². The molecule has 2 aliphatic heterocycles. The lowest BCUT2D eigenvalue weighted by Crippen LogP contribution is -2.55. The maximum absolute atomic E-state index is 2.54. The van der Waals surface area contributed by atoms with Crippen LogP contribution in [0, 0.1) is 10.8 Å². The van der Waals surface area contributed by atoms with Crippen LogP contribution >= 0.6 is 11.8 Å². The Balaban J connectivity index is 2.03. The fraction of sp³-hybridized carbons (Fsp3) is 1.00. The molecule has 1 heteroatoms. The first-order valence-electron chi connectivity index (χ1n) is 5.58. The molecule has 2 saturated heterocycles. The molecular formula is C12H20S. The SMILES string of the molecule is CC12CC3CC(C)(C1)CC(C)(C2)S3. The predicted octanol–water partition coefficient (Wildman–Crippen LogP) is 3.85. The summed E-state index contributed by atoms with van der Waals surface area (Å²) in [6, 6.07) is 0. The Morgan fingerprint density at radius 3 is 1.85 bits per heavy atom. The molecule has 2 heterocycles. The van der Waals surface area contributed by atoms with E-state index in [4.69, 9.17) is 0 Å². The van der Waals surface area contributed by atoms with E-state index in [0.717, 1.165) is 5.25 Å². The van der Waals surface area contributed by atoms with Crippen molar-refractivity contribution in [2.75, 3.05) is 0 Å². The van der Waals surface area contributed by atoms with Crippen LogP contribution in [0.3, 0.4) is 0 Å². The highest BCUT2D eigenvalue weighted by Gasteiger charge is 2.58. The van der Waals surface area contributed by atoms with E-state index < -0.39 is 0 Å². The highest BCUT2D eigenvalue weighted by Crippen LogP contribution is 2.69. The van der Waals surface area contributed by atoms with Crippen molar-refractivity contribution >= 4 is 11.8 Å². The van der Waals surface area contributed by atoms with Crippen LogP contribution in [0.15, 0.2) is 0 Å². The first kappa shape index (κ1) is 8.64. The first-order chi connectivity index (χ1) is 5.91. The molecule has 4 fully saturated rings. The molecule has 0 aromatic heterocycles. The van der Waals surface area contributed by atoms with E-state index >= 15 is 0 Å². The zero-order valence-corrected chi connectivity index (χ0v) is 9.84. The highest BCUT2D eigenvalue weighted by atomic mass is 32.2. The molecule has 4 aliphatic rings. The molecule has 0 N–H and O–H groups in total. The second kappa shape index (κ2) is 2.13. The molecule has 4 bridgehead atoms. The molecule has 0 nitrogen and oxygen atoms in total. The Morgan fingerprint density at radius 2 is 1.46 bits per heavy atom. The van der Waals surface area contributed by atoms with Crippen molar-refractivity contribution in [3.05, 3.63) is 0 Å². The lowest BCUT2D eigenvalue weighted by Gasteiger charge is -2.64. The lowest BCUT2D eigenvalue weighted by atomic mass is 9.53. The van der Waals surface area contributed by atoms with E-state index in [9.17, 15) is 0 Å². The van der Waals surface area contributed by atoms with Crippen LogP contribution in [0.4, 0.5) is 0 Å². The summed E-state index contributed by atoms with van der Waals surface area (Å²) in [5.41, 5.74) is 1.41. The molecule has 74 valence electrons. The van der Waals surface area contributed by atoms with Gasteiger partial charge in [0.25, 0.3) is 0 Å². The fourth-order valence-electron chi connectivity index (χ4n) is 5.05. The molecule has 0 radical (unpaired) electrons. The fourth-order valence-corrected chi connectivity index (χ4v) is 7.69. The third kappa shape index (κ3) is 1.19. The minimum atomic E-state index is 0.642. The van der Waals surface area contributed by atoms with Gasteiger partial charge < -0.3 is 0 Å². The van der Waals surface area contributed by atoms with E-state index in [1.165, 1.54) is 32.1 Å². The van der Waals surface area contributed by atoms with Gasteiger partial charge in [-0.15, -0.1) is 0 Å². The average molecular weight is 196 g/mol. The van der Waals surface area contributed by atoms with E-state index in [1.807, 2.05) is 0 Å². The van der Waals surface area contributed by atoms with Crippen molar-refractivity contribution in [1.82, 2.24) is 0 Å². The third-order valence-corrected chi connectivity index (χ3v) is 5.87. The molecule has 13 heavy (non-hydrogen) atoms. The Hall–Kier alpha value is 0.350. The van der Waals surface area contributed by atoms with Crippen LogP contribution in [0.5, 0.6) is 0 Å². The molecule has 2 aliphatic carbocycles. The van der Waals surface area contributed by atoms with Crippen molar-refractivity contribution in [2.24, 2.45) is 10.8 Å². The summed E-state index contributed by atoms with van der Waals surface area (Å²) in [6.45, 7) is 7.59. The number of hydrogen-bond donors (Lipinski definition) is 0. The molecule has 0 spiro atoms. The third-order valence-electron chi connectivity index (χ3n) is 4.35. The van der Waals surface area contributed by atoms with Crippen LogP contribution in [-0.2, 0) is 0 Å². The first-order valence-corrected chi connectivity index (χ1v) is 6.46. The van der Waals surface area contributed by atoms with Crippen molar-refractivity contribution in [1.29, 1.82) is 0 Å². The summed E-state index contributed by atoms with van der Waals surface area (Å²) in [5.74, 6) is 0. The van der Waals surface area contributed by atoms with E-state index in [-0.39, 0.29) is 0 Å². The molecule has 0 aromatic carbocycles. The zero-order chi connectivity index (χ0) is 9.32. The van der Waals surface area contributed by atoms with Crippen LogP contribution in [0.2, 0.25) is 0 Å². The Morgan fingerprint density at radius 1 is 0.923 bits per heavy atom. The van der Waals surface area contributed by atoms with E-state index in [0.29, 0.717) is 15.6 Å². The van der Waals surface area contributed by atoms with Crippen LogP contribution in [-0.4, -0.2) is 10.00 Å². The van der Waals surface area contributed by atoms with Gasteiger partial charge in [0, 0.05) is 10.00 Å². The second-order valence-electron chi connectivity index (χ2n) is 6.75. The Labute approximate surface area is 85.9 Å². The zero-order valence-electron chi connectivity index (χ0n) is 9.02. The normalized spacial score (nSPS) is 64.4. The molecule has 2 atom stereocenters. The number of hydrogen-bond acceptors (Lipinski definition) is 1. The van der Waals surface area contributed by atoms with Crippen LogP contribution < -0.4 is 0 Å².